The maximum atomic E-state index is 10.7. The lowest BCUT2D eigenvalue weighted by Gasteiger charge is -1.99. The summed E-state index contributed by atoms with van der Waals surface area (Å²) in [6.45, 7) is 4.41. The van der Waals surface area contributed by atoms with Gasteiger partial charge in [-0.2, -0.15) is 11.8 Å². The molecule has 0 aliphatic heterocycles. The second-order valence-electron chi connectivity index (χ2n) is 1.86. The van der Waals surface area contributed by atoms with Crippen molar-refractivity contribution in [3.8, 4) is 0 Å². The molecule has 0 aliphatic rings. The molecule has 0 saturated carbocycles. The second kappa shape index (κ2) is 6.93. The average molecular weight is 162 g/mol. The Morgan fingerprint density at radius 2 is 2.20 bits per heavy atom. The maximum absolute atomic E-state index is 10.7. The first-order valence-corrected chi connectivity index (χ1v) is 4.70. The van der Waals surface area contributed by atoms with Crippen molar-refractivity contribution in [2.24, 2.45) is 0 Å². The maximum Gasteiger partial charge on any atom is 0.315 e. The third-order valence-electron chi connectivity index (χ3n) is 0.874. The minimum absolute atomic E-state index is 0.0963. The average Bonchev–Trinajstić information content (AvgIpc) is 1.89. The van der Waals surface area contributed by atoms with Gasteiger partial charge in [-0.25, -0.2) is 0 Å². The van der Waals surface area contributed by atoms with E-state index in [0.717, 1.165) is 12.2 Å². The lowest BCUT2D eigenvalue weighted by molar-refractivity contribution is -0.139. The van der Waals surface area contributed by atoms with Gasteiger partial charge in [0.15, 0.2) is 0 Å². The minimum atomic E-state index is -0.0963. The van der Waals surface area contributed by atoms with E-state index in [2.05, 4.69) is 6.92 Å². The minimum Gasteiger partial charge on any atom is -0.465 e. The Hall–Kier alpha value is -0.180. The highest BCUT2D eigenvalue weighted by Gasteiger charge is 1.98. The fraction of sp³-hybridized carbons (Fsp3) is 0.857. The number of hydrogen-bond donors (Lipinski definition) is 0. The van der Waals surface area contributed by atoms with E-state index >= 15 is 0 Å². The molecule has 0 atom stereocenters. The second-order valence-corrected chi connectivity index (χ2v) is 2.96. The molecule has 0 spiro atoms. The van der Waals surface area contributed by atoms with Crippen LogP contribution in [-0.4, -0.2) is 24.1 Å². The molecule has 3 heteroatoms. The fourth-order valence-corrected chi connectivity index (χ4v) is 1.19. The number of carbonyl (C=O) groups is 1. The number of carbonyl (C=O) groups excluding carboxylic acids is 1. The SMILES string of the molecule is CCCSCC(=O)OCC. The Balaban J connectivity index is 3.05. The molecule has 0 unspecified atom stereocenters. The van der Waals surface area contributed by atoms with Crippen LogP contribution in [0.1, 0.15) is 20.3 Å². The highest BCUT2D eigenvalue weighted by atomic mass is 32.2. The summed E-state index contributed by atoms with van der Waals surface area (Å²) >= 11 is 1.63. The van der Waals surface area contributed by atoms with Crippen LogP contribution >= 0.6 is 11.8 Å². The molecule has 0 radical (unpaired) electrons. The fourth-order valence-electron chi connectivity index (χ4n) is 0.502. The Bertz CT molecular complexity index is 93.6. The molecule has 0 aromatic rings. The zero-order valence-electron chi connectivity index (χ0n) is 6.55. The third-order valence-corrected chi connectivity index (χ3v) is 2.01. The van der Waals surface area contributed by atoms with Crippen LogP contribution in [-0.2, 0) is 9.53 Å². The van der Waals surface area contributed by atoms with Crippen LogP contribution in [0.2, 0.25) is 0 Å². The van der Waals surface area contributed by atoms with Gasteiger partial charge in [-0.1, -0.05) is 6.92 Å². The van der Waals surface area contributed by atoms with Gasteiger partial charge in [-0.15, -0.1) is 0 Å². The molecule has 0 amide bonds. The zero-order valence-corrected chi connectivity index (χ0v) is 7.37. The quantitative estimate of drug-likeness (QED) is 0.454. The van der Waals surface area contributed by atoms with Gasteiger partial charge in [-0.05, 0) is 19.1 Å². The largest absolute Gasteiger partial charge is 0.465 e. The van der Waals surface area contributed by atoms with Gasteiger partial charge >= 0.3 is 5.97 Å². The van der Waals surface area contributed by atoms with Crippen LogP contribution in [0.5, 0.6) is 0 Å². The normalized spacial score (nSPS) is 9.40. The predicted molar refractivity (Wildman–Crippen MR) is 44.2 cm³/mol. The molecule has 0 rings (SSSR count). The van der Waals surface area contributed by atoms with Crippen molar-refractivity contribution in [3.63, 3.8) is 0 Å². The van der Waals surface area contributed by atoms with E-state index in [0.29, 0.717) is 12.4 Å². The molecule has 0 N–H and O–H groups in total. The molecule has 60 valence electrons. The van der Waals surface area contributed by atoms with Crippen molar-refractivity contribution < 1.29 is 9.53 Å². The molecule has 0 bridgehead atoms. The predicted octanol–water partition coefficient (Wildman–Crippen LogP) is 1.69. The number of ether oxygens (including phenoxy) is 1. The van der Waals surface area contributed by atoms with E-state index in [4.69, 9.17) is 4.74 Å². The van der Waals surface area contributed by atoms with Crippen LogP contribution in [0.3, 0.4) is 0 Å². The summed E-state index contributed by atoms with van der Waals surface area (Å²) in [6.07, 6.45) is 1.12. The van der Waals surface area contributed by atoms with E-state index < -0.39 is 0 Å². The molecule has 0 aromatic carbocycles. The van der Waals surface area contributed by atoms with Crippen LogP contribution < -0.4 is 0 Å². The molecule has 2 nitrogen and oxygen atoms in total. The summed E-state index contributed by atoms with van der Waals surface area (Å²) in [5.41, 5.74) is 0. The smallest absolute Gasteiger partial charge is 0.315 e. The van der Waals surface area contributed by atoms with Gasteiger partial charge in [0.1, 0.15) is 0 Å². The van der Waals surface area contributed by atoms with Gasteiger partial charge in [0.2, 0.25) is 0 Å². The molecule has 0 saturated heterocycles. The number of thioether (sulfide) groups is 1. The molecule has 10 heavy (non-hydrogen) atoms. The van der Waals surface area contributed by atoms with Crippen molar-refractivity contribution in [2.75, 3.05) is 18.1 Å². The van der Waals surface area contributed by atoms with Crippen LogP contribution in [0, 0.1) is 0 Å². The molecule has 0 aromatic heterocycles. The van der Waals surface area contributed by atoms with Crippen LogP contribution in [0.4, 0.5) is 0 Å². The van der Waals surface area contributed by atoms with Crippen LogP contribution in [0.25, 0.3) is 0 Å². The van der Waals surface area contributed by atoms with E-state index in [1.807, 2.05) is 6.92 Å². The Labute approximate surface area is 66.3 Å². The van der Waals surface area contributed by atoms with E-state index in [9.17, 15) is 4.79 Å². The summed E-state index contributed by atoms with van der Waals surface area (Å²) in [5.74, 6) is 1.45. The summed E-state index contributed by atoms with van der Waals surface area (Å²) in [6, 6.07) is 0. The Morgan fingerprint density at radius 3 is 2.70 bits per heavy atom. The highest BCUT2D eigenvalue weighted by Crippen LogP contribution is 2.01. The topological polar surface area (TPSA) is 26.3 Å². The Morgan fingerprint density at radius 1 is 1.50 bits per heavy atom. The van der Waals surface area contributed by atoms with Crippen molar-refractivity contribution in [1.29, 1.82) is 0 Å². The molecule has 0 heterocycles. The lowest BCUT2D eigenvalue weighted by Crippen LogP contribution is -2.06. The Kier molecular flexibility index (Phi) is 6.81. The summed E-state index contributed by atoms with van der Waals surface area (Å²) in [4.78, 5) is 10.7. The standard InChI is InChI=1S/C7H14O2S/c1-3-5-10-6-7(8)9-4-2/h3-6H2,1-2H3. The van der Waals surface area contributed by atoms with Crippen molar-refractivity contribution >= 4 is 17.7 Å². The van der Waals surface area contributed by atoms with Gasteiger partial charge in [0.05, 0.1) is 12.4 Å². The molecule has 0 aliphatic carbocycles. The van der Waals surface area contributed by atoms with Crippen LogP contribution in [0.15, 0.2) is 0 Å². The third kappa shape index (κ3) is 5.95. The van der Waals surface area contributed by atoms with E-state index in [1.54, 1.807) is 11.8 Å². The van der Waals surface area contributed by atoms with Gasteiger partial charge in [0.25, 0.3) is 0 Å². The van der Waals surface area contributed by atoms with Gasteiger partial charge < -0.3 is 4.74 Å². The number of hydrogen-bond acceptors (Lipinski definition) is 3. The lowest BCUT2D eigenvalue weighted by atomic mass is 10.6. The van der Waals surface area contributed by atoms with Gasteiger partial charge in [0, 0.05) is 0 Å². The first-order valence-electron chi connectivity index (χ1n) is 3.54. The number of esters is 1. The van der Waals surface area contributed by atoms with Crippen molar-refractivity contribution in [1.82, 2.24) is 0 Å². The van der Waals surface area contributed by atoms with Gasteiger partial charge in [-0.3, -0.25) is 4.79 Å². The first-order chi connectivity index (χ1) is 4.81. The van der Waals surface area contributed by atoms with E-state index in [1.165, 1.54) is 0 Å². The van der Waals surface area contributed by atoms with E-state index in [-0.39, 0.29) is 5.97 Å². The first kappa shape index (κ1) is 9.82. The summed E-state index contributed by atoms with van der Waals surface area (Å²) in [5, 5.41) is 0. The summed E-state index contributed by atoms with van der Waals surface area (Å²) < 4.78 is 4.73. The highest BCUT2D eigenvalue weighted by molar-refractivity contribution is 7.99. The monoisotopic (exact) mass is 162 g/mol. The zero-order chi connectivity index (χ0) is 7.82. The molecule has 0 fully saturated rings. The molecular formula is C7H14O2S. The molecular weight excluding hydrogens is 148 g/mol. The van der Waals surface area contributed by atoms with Crippen molar-refractivity contribution in [2.45, 2.75) is 20.3 Å². The van der Waals surface area contributed by atoms with Crippen molar-refractivity contribution in [3.05, 3.63) is 0 Å². The summed E-state index contributed by atoms with van der Waals surface area (Å²) in [7, 11) is 0. The number of rotatable bonds is 5.